The van der Waals surface area contributed by atoms with Crippen LogP contribution in [-0.4, -0.2) is 25.9 Å². The van der Waals surface area contributed by atoms with Gasteiger partial charge in [0.2, 0.25) is 11.8 Å². The van der Waals surface area contributed by atoms with Crippen LogP contribution in [0.1, 0.15) is 40.8 Å². The molecule has 250 valence electrons. The number of amides is 2. The Labute approximate surface area is 283 Å². The van der Waals surface area contributed by atoms with E-state index in [1.165, 1.54) is 0 Å². The number of nitrogen functional groups attached to an aromatic ring is 1. The molecule has 2 aromatic carbocycles. The summed E-state index contributed by atoms with van der Waals surface area (Å²) in [5, 5.41) is 9.23. The number of nitrogens with zero attached hydrogens (tertiary/aromatic N) is 3. The fourth-order valence-electron chi connectivity index (χ4n) is 6.26. The standard InChI is InChI=1S/C22H22N4O2.C16H17N3O2/c1-14-9-17(13-26(2)22(14)28)16-10-15-6-7-20(27)25-21(15)19(11-16)24-12-18-5-3-4-8-23-18;1-9-5-12(8-19(2)16(9)21)11-6-10-3-4-14(20)18-15(10)13(17)7-11/h3-5,8-11,13,24H,6-7,12H2,1-2H3,(H,25,27);5-8H,3-4,17H2,1-2H3,(H,18,20). The minimum Gasteiger partial charge on any atom is -0.397 e. The smallest absolute Gasteiger partial charge is 0.253 e. The van der Waals surface area contributed by atoms with Crippen LogP contribution in [0.2, 0.25) is 0 Å². The maximum absolute atomic E-state index is 12.0. The number of aryl methyl sites for hydroxylation is 6. The molecule has 0 saturated heterocycles. The first-order chi connectivity index (χ1) is 23.5. The van der Waals surface area contributed by atoms with Gasteiger partial charge in [-0.1, -0.05) is 6.07 Å². The van der Waals surface area contributed by atoms with E-state index in [4.69, 9.17) is 5.73 Å². The first kappa shape index (κ1) is 33.0. The maximum Gasteiger partial charge on any atom is 0.253 e. The molecule has 0 unspecified atom stereocenters. The van der Waals surface area contributed by atoms with Gasteiger partial charge in [-0.2, -0.15) is 0 Å². The molecule has 11 nitrogen and oxygen atoms in total. The first-order valence-corrected chi connectivity index (χ1v) is 16.1. The van der Waals surface area contributed by atoms with E-state index >= 15 is 0 Å². The van der Waals surface area contributed by atoms with E-state index in [9.17, 15) is 19.2 Å². The van der Waals surface area contributed by atoms with Crippen LogP contribution >= 0.6 is 0 Å². The molecule has 3 aromatic heterocycles. The lowest BCUT2D eigenvalue weighted by molar-refractivity contribution is -0.117. The summed E-state index contributed by atoms with van der Waals surface area (Å²) in [7, 11) is 3.50. The molecule has 0 radical (unpaired) electrons. The number of carbonyl (C=O) groups is 2. The lowest BCUT2D eigenvalue weighted by Crippen LogP contribution is -2.21. The Morgan fingerprint density at radius 3 is 1.82 bits per heavy atom. The van der Waals surface area contributed by atoms with Crippen molar-refractivity contribution >= 4 is 34.6 Å². The number of nitrogens with one attached hydrogen (secondary N) is 3. The van der Waals surface area contributed by atoms with Gasteiger partial charge in [-0.3, -0.25) is 24.2 Å². The van der Waals surface area contributed by atoms with E-state index in [-0.39, 0.29) is 22.9 Å². The maximum atomic E-state index is 12.0. The van der Waals surface area contributed by atoms with E-state index < -0.39 is 0 Å². The molecular weight excluding hydrogens is 618 g/mol. The highest BCUT2D eigenvalue weighted by Crippen LogP contribution is 2.37. The molecule has 5 heterocycles. The van der Waals surface area contributed by atoms with Crippen molar-refractivity contribution in [1.29, 1.82) is 0 Å². The molecular formula is C38H39N7O4. The topological polar surface area (TPSA) is 153 Å². The zero-order valence-corrected chi connectivity index (χ0v) is 28.0. The van der Waals surface area contributed by atoms with Crippen LogP contribution in [0.25, 0.3) is 22.3 Å². The summed E-state index contributed by atoms with van der Waals surface area (Å²) in [6, 6.07) is 17.6. The van der Waals surface area contributed by atoms with Crippen LogP contribution < -0.4 is 32.8 Å². The SMILES string of the molecule is Cc1cc(-c2cc(N)c3c(c2)CCC(=O)N3)cn(C)c1=O.Cc1cc(-c2cc3c(c(NCc4ccccn4)c2)NC(=O)CC3)cn(C)c1=O. The number of nitrogens with two attached hydrogens (primary N) is 1. The van der Waals surface area contributed by atoms with E-state index in [0.29, 0.717) is 49.0 Å². The number of benzene rings is 2. The van der Waals surface area contributed by atoms with Crippen LogP contribution in [0.15, 0.2) is 82.8 Å². The van der Waals surface area contributed by atoms with Gasteiger partial charge in [-0.15, -0.1) is 0 Å². The summed E-state index contributed by atoms with van der Waals surface area (Å²) in [4.78, 5) is 51.6. The third-order valence-electron chi connectivity index (χ3n) is 8.82. The predicted octanol–water partition coefficient (Wildman–Crippen LogP) is 5.08. The van der Waals surface area contributed by atoms with Crippen molar-refractivity contribution in [3.8, 4) is 22.3 Å². The summed E-state index contributed by atoms with van der Waals surface area (Å²) >= 11 is 0. The number of hydrogen-bond donors (Lipinski definition) is 4. The molecule has 0 spiro atoms. The van der Waals surface area contributed by atoms with Crippen molar-refractivity contribution < 1.29 is 9.59 Å². The molecule has 2 aliphatic heterocycles. The van der Waals surface area contributed by atoms with Crippen LogP contribution in [0, 0.1) is 13.8 Å². The Kier molecular flexibility index (Phi) is 9.17. The van der Waals surface area contributed by atoms with E-state index in [2.05, 4.69) is 27.0 Å². The molecule has 11 heteroatoms. The number of hydrogen-bond acceptors (Lipinski definition) is 7. The fourth-order valence-corrected chi connectivity index (χ4v) is 6.26. The Hall–Kier alpha value is -5.97. The third kappa shape index (κ3) is 7.15. The van der Waals surface area contributed by atoms with Crippen molar-refractivity contribution in [1.82, 2.24) is 14.1 Å². The van der Waals surface area contributed by atoms with Crippen LogP contribution in [0.3, 0.4) is 0 Å². The first-order valence-electron chi connectivity index (χ1n) is 16.1. The highest BCUT2D eigenvalue weighted by molar-refractivity contribution is 5.99. The Balaban J connectivity index is 0.000000177. The van der Waals surface area contributed by atoms with E-state index in [1.807, 2.05) is 61.7 Å². The van der Waals surface area contributed by atoms with Crippen molar-refractivity contribution in [2.75, 3.05) is 21.7 Å². The zero-order valence-electron chi connectivity index (χ0n) is 28.0. The average molecular weight is 658 g/mol. The van der Waals surface area contributed by atoms with Gasteiger partial charge in [0.15, 0.2) is 0 Å². The van der Waals surface area contributed by atoms with Gasteiger partial charge in [-0.05, 0) is 109 Å². The summed E-state index contributed by atoms with van der Waals surface area (Å²) in [6.07, 6.45) is 7.74. The van der Waals surface area contributed by atoms with Crippen molar-refractivity contribution in [2.45, 2.75) is 46.1 Å². The van der Waals surface area contributed by atoms with Crippen molar-refractivity contribution in [3.05, 3.63) is 122 Å². The molecule has 0 fully saturated rings. The third-order valence-corrected chi connectivity index (χ3v) is 8.82. The lowest BCUT2D eigenvalue weighted by Gasteiger charge is -2.23. The van der Waals surface area contributed by atoms with Gasteiger partial charge in [-0.25, -0.2) is 0 Å². The predicted molar refractivity (Wildman–Crippen MR) is 194 cm³/mol. The molecule has 2 amide bonds. The van der Waals surface area contributed by atoms with Crippen molar-refractivity contribution in [3.63, 3.8) is 0 Å². The van der Waals surface area contributed by atoms with Gasteiger partial charge in [0.05, 0.1) is 35.0 Å². The largest absolute Gasteiger partial charge is 0.397 e. The Morgan fingerprint density at radius 1 is 0.714 bits per heavy atom. The minimum absolute atomic E-state index is 0.0000905. The van der Waals surface area contributed by atoms with E-state index in [0.717, 1.165) is 56.1 Å². The van der Waals surface area contributed by atoms with Crippen molar-refractivity contribution in [2.24, 2.45) is 14.1 Å². The molecule has 0 aliphatic carbocycles. The number of fused-ring (bicyclic) bond motifs is 2. The van der Waals surface area contributed by atoms with Gasteiger partial charge >= 0.3 is 0 Å². The number of carbonyl (C=O) groups excluding carboxylic acids is 2. The molecule has 0 saturated carbocycles. The summed E-state index contributed by atoms with van der Waals surface area (Å²) < 4.78 is 3.18. The van der Waals surface area contributed by atoms with Crippen LogP contribution in [0.5, 0.6) is 0 Å². The summed E-state index contributed by atoms with van der Waals surface area (Å²) in [5.74, 6) is 0.0268. The van der Waals surface area contributed by atoms with Gasteiger partial charge < -0.3 is 30.8 Å². The Bertz CT molecular complexity index is 2170. The lowest BCUT2D eigenvalue weighted by atomic mass is 9.95. The summed E-state index contributed by atoms with van der Waals surface area (Å²) in [6.45, 7) is 4.18. The second-order valence-corrected chi connectivity index (χ2v) is 12.6. The fraction of sp³-hybridized carbons (Fsp3) is 0.237. The van der Waals surface area contributed by atoms with Gasteiger partial charge in [0, 0.05) is 56.7 Å². The molecule has 0 bridgehead atoms. The van der Waals surface area contributed by atoms with E-state index in [1.54, 1.807) is 42.5 Å². The molecule has 2 aliphatic rings. The molecule has 5 aromatic rings. The van der Waals surface area contributed by atoms with Crippen LogP contribution in [-0.2, 0) is 43.1 Å². The average Bonchev–Trinajstić information content (AvgIpc) is 3.09. The second kappa shape index (κ2) is 13.6. The van der Waals surface area contributed by atoms with Gasteiger partial charge in [0.1, 0.15) is 0 Å². The minimum atomic E-state index is -0.00283. The molecule has 7 rings (SSSR count). The summed E-state index contributed by atoms with van der Waals surface area (Å²) in [5.41, 5.74) is 17.4. The van der Waals surface area contributed by atoms with Crippen LogP contribution in [0.4, 0.5) is 22.7 Å². The highest BCUT2D eigenvalue weighted by atomic mass is 16.2. The second-order valence-electron chi connectivity index (χ2n) is 12.6. The normalized spacial score (nSPS) is 13.3. The number of anilines is 4. The monoisotopic (exact) mass is 657 g/mol. The molecule has 49 heavy (non-hydrogen) atoms. The highest BCUT2D eigenvalue weighted by Gasteiger charge is 2.21. The number of pyridine rings is 3. The van der Waals surface area contributed by atoms with Gasteiger partial charge in [0.25, 0.3) is 11.1 Å². The Morgan fingerprint density at radius 2 is 1.27 bits per heavy atom. The zero-order chi connectivity index (χ0) is 34.8. The molecule has 5 N–H and O–H groups in total. The number of rotatable bonds is 5. The number of aromatic nitrogens is 3. The molecule has 0 atom stereocenters. The quantitative estimate of drug-likeness (QED) is 0.192.